The van der Waals surface area contributed by atoms with Crippen LogP contribution in [0.15, 0.2) is 47.6 Å². The Bertz CT molecular complexity index is 1170. The molecule has 0 aliphatic heterocycles. The molecule has 2 rings (SSSR count). The molecule has 0 bridgehead atoms. The fraction of sp³-hybridized carbons (Fsp3) is 0.533. The molecular formula is C30H42N4O5S. The summed E-state index contributed by atoms with van der Waals surface area (Å²) in [6.07, 6.45) is 0.718. The van der Waals surface area contributed by atoms with Gasteiger partial charge in [0.25, 0.3) is 5.17 Å². The number of thiocarbonyl (C=S) groups is 1. The van der Waals surface area contributed by atoms with E-state index in [1.54, 1.807) is 13.2 Å². The maximum absolute atomic E-state index is 12.4. The Hall–Kier alpha value is -3.49. The highest BCUT2D eigenvalue weighted by Gasteiger charge is 2.24. The van der Waals surface area contributed by atoms with E-state index in [1.807, 2.05) is 32.9 Å². The molecule has 0 fully saturated rings. The predicted octanol–water partition coefficient (Wildman–Crippen LogP) is 6.52. The van der Waals surface area contributed by atoms with Crippen molar-refractivity contribution in [3.05, 3.63) is 69.6 Å². The number of azide groups is 1. The average molecular weight is 571 g/mol. The molecule has 0 aromatic heterocycles. The molecule has 0 spiro atoms. The van der Waals surface area contributed by atoms with E-state index in [4.69, 9.17) is 36.7 Å². The summed E-state index contributed by atoms with van der Waals surface area (Å²) in [5, 5.41) is 6.88. The van der Waals surface area contributed by atoms with Crippen LogP contribution in [0.2, 0.25) is 0 Å². The van der Waals surface area contributed by atoms with E-state index in [2.05, 4.69) is 60.4 Å². The van der Waals surface area contributed by atoms with Gasteiger partial charge in [0.05, 0.1) is 32.3 Å². The molecule has 10 heteroatoms. The quantitative estimate of drug-likeness (QED) is 0.0728. The minimum atomic E-state index is -0.572. The summed E-state index contributed by atoms with van der Waals surface area (Å²) in [5.41, 5.74) is 11.2. The van der Waals surface area contributed by atoms with Crippen molar-refractivity contribution in [3.63, 3.8) is 0 Å². The monoisotopic (exact) mass is 570 g/mol. The van der Waals surface area contributed by atoms with Gasteiger partial charge in [-0.05, 0) is 79.2 Å². The molecule has 9 nitrogen and oxygen atoms in total. The normalized spacial score (nSPS) is 12.1. The third kappa shape index (κ3) is 11.3. The van der Waals surface area contributed by atoms with Crippen LogP contribution in [0.1, 0.15) is 58.2 Å². The van der Waals surface area contributed by atoms with Crippen molar-refractivity contribution in [2.45, 2.75) is 60.0 Å². The number of hydrogen-bond acceptors (Lipinski definition) is 7. The van der Waals surface area contributed by atoms with Crippen LogP contribution in [0.25, 0.3) is 10.4 Å². The summed E-state index contributed by atoms with van der Waals surface area (Å²) in [6.45, 7) is 13.6. The SMILES string of the molecule is COc1cc(COC(=S)NCC(COC(=O)C(C)(C)C)Cc2ccc(C(C)(C)C)cc2)ccc1OCCN=[N+]=[N-]. The van der Waals surface area contributed by atoms with E-state index in [9.17, 15) is 4.79 Å². The Kier molecular flexibility index (Phi) is 12.5. The van der Waals surface area contributed by atoms with Crippen LogP contribution in [-0.2, 0) is 32.7 Å². The molecule has 0 radical (unpaired) electrons. The van der Waals surface area contributed by atoms with Gasteiger partial charge in [-0.3, -0.25) is 4.79 Å². The van der Waals surface area contributed by atoms with Gasteiger partial charge in [0.2, 0.25) is 0 Å². The number of ether oxygens (including phenoxy) is 4. The molecule has 218 valence electrons. The van der Waals surface area contributed by atoms with Crippen LogP contribution in [0.5, 0.6) is 11.5 Å². The number of benzene rings is 2. The summed E-state index contributed by atoms with van der Waals surface area (Å²) in [7, 11) is 1.55. The van der Waals surface area contributed by atoms with E-state index in [-0.39, 0.29) is 48.8 Å². The molecule has 40 heavy (non-hydrogen) atoms. The first-order valence-corrected chi connectivity index (χ1v) is 13.7. The van der Waals surface area contributed by atoms with E-state index in [0.717, 1.165) is 17.5 Å². The van der Waals surface area contributed by atoms with Crippen LogP contribution in [0.4, 0.5) is 0 Å². The zero-order chi connectivity index (χ0) is 29.8. The fourth-order valence-electron chi connectivity index (χ4n) is 3.66. The number of rotatable bonds is 13. The highest BCUT2D eigenvalue weighted by atomic mass is 32.1. The average Bonchev–Trinajstić information content (AvgIpc) is 2.90. The predicted molar refractivity (Wildman–Crippen MR) is 161 cm³/mol. The first-order chi connectivity index (χ1) is 18.8. The molecule has 0 aliphatic carbocycles. The first-order valence-electron chi connectivity index (χ1n) is 13.3. The van der Waals surface area contributed by atoms with Crippen molar-refractivity contribution in [2.24, 2.45) is 16.4 Å². The Labute approximate surface area is 243 Å². The number of carbonyl (C=O) groups is 1. The smallest absolute Gasteiger partial charge is 0.311 e. The van der Waals surface area contributed by atoms with Gasteiger partial charge in [-0.1, -0.05) is 56.2 Å². The van der Waals surface area contributed by atoms with Gasteiger partial charge >= 0.3 is 5.97 Å². The third-order valence-electron chi connectivity index (χ3n) is 6.05. The maximum Gasteiger partial charge on any atom is 0.311 e. The topological polar surface area (TPSA) is 115 Å². The van der Waals surface area contributed by atoms with Gasteiger partial charge in [-0.2, -0.15) is 0 Å². The Morgan fingerprint density at radius 3 is 2.30 bits per heavy atom. The lowest BCUT2D eigenvalue weighted by atomic mass is 9.86. The lowest BCUT2D eigenvalue weighted by molar-refractivity contribution is -0.154. The zero-order valence-electron chi connectivity index (χ0n) is 24.7. The summed E-state index contributed by atoms with van der Waals surface area (Å²) in [5.74, 6) is 0.844. The first kappa shape index (κ1) is 32.7. The molecule has 0 heterocycles. The van der Waals surface area contributed by atoms with Gasteiger partial charge in [0.1, 0.15) is 6.61 Å². The molecular weight excluding hydrogens is 528 g/mol. The van der Waals surface area contributed by atoms with Crippen molar-refractivity contribution in [3.8, 4) is 11.5 Å². The van der Waals surface area contributed by atoms with E-state index in [1.165, 1.54) is 5.56 Å². The Morgan fingerprint density at radius 2 is 1.70 bits per heavy atom. The number of hydrogen-bond donors (Lipinski definition) is 1. The summed E-state index contributed by atoms with van der Waals surface area (Å²) in [6, 6.07) is 14.0. The van der Waals surface area contributed by atoms with Crippen LogP contribution in [0, 0.1) is 11.3 Å². The number of nitrogens with one attached hydrogen (secondary N) is 1. The van der Waals surface area contributed by atoms with Crippen molar-refractivity contribution >= 4 is 23.4 Å². The van der Waals surface area contributed by atoms with Crippen LogP contribution < -0.4 is 14.8 Å². The van der Waals surface area contributed by atoms with Crippen LogP contribution >= 0.6 is 12.2 Å². The van der Waals surface area contributed by atoms with Crippen molar-refractivity contribution in [1.29, 1.82) is 0 Å². The Morgan fingerprint density at radius 1 is 1.02 bits per heavy atom. The minimum Gasteiger partial charge on any atom is -0.493 e. The number of nitrogens with zero attached hydrogens (tertiary/aromatic N) is 3. The van der Waals surface area contributed by atoms with Gasteiger partial charge in [-0.15, -0.1) is 0 Å². The molecule has 0 amide bonds. The molecule has 1 atom stereocenters. The summed E-state index contributed by atoms with van der Waals surface area (Å²) >= 11 is 5.42. The second kappa shape index (κ2) is 15.3. The lowest BCUT2D eigenvalue weighted by Crippen LogP contribution is -2.34. The summed E-state index contributed by atoms with van der Waals surface area (Å²) in [4.78, 5) is 15.1. The van der Waals surface area contributed by atoms with E-state index >= 15 is 0 Å². The number of esters is 1. The van der Waals surface area contributed by atoms with E-state index in [0.29, 0.717) is 18.0 Å². The second-order valence-electron chi connectivity index (χ2n) is 11.6. The highest BCUT2D eigenvalue weighted by molar-refractivity contribution is 7.80. The van der Waals surface area contributed by atoms with Crippen molar-refractivity contribution in [1.82, 2.24) is 5.32 Å². The van der Waals surface area contributed by atoms with Gasteiger partial charge in [-0.25, -0.2) is 0 Å². The molecule has 0 saturated heterocycles. The lowest BCUT2D eigenvalue weighted by Gasteiger charge is -2.23. The Balaban J connectivity index is 1.97. The third-order valence-corrected chi connectivity index (χ3v) is 6.31. The van der Waals surface area contributed by atoms with Crippen LogP contribution in [-0.4, -0.2) is 44.6 Å². The van der Waals surface area contributed by atoms with Crippen molar-refractivity contribution < 1.29 is 23.7 Å². The largest absolute Gasteiger partial charge is 0.493 e. The minimum absolute atomic E-state index is 0.00442. The maximum atomic E-state index is 12.4. The number of methoxy groups -OCH3 is 1. The van der Waals surface area contributed by atoms with Crippen molar-refractivity contribution in [2.75, 3.05) is 33.4 Å². The molecule has 1 N–H and O–H groups in total. The zero-order valence-corrected chi connectivity index (χ0v) is 25.5. The molecule has 2 aromatic rings. The standard InChI is InChI=1S/C30H42N4O5S/c1-29(2,3)24-11-8-21(9-12-24)16-23(20-38-27(35)30(4,5)6)18-32-28(40)39-19-22-10-13-25(26(17-22)36-7)37-15-14-33-34-31/h8-13,17,23H,14-16,18-20H2,1-7H3,(H,32,40). The molecule has 0 aliphatic rings. The van der Waals surface area contributed by atoms with Crippen LogP contribution in [0.3, 0.4) is 0 Å². The highest BCUT2D eigenvalue weighted by Crippen LogP contribution is 2.28. The fourth-order valence-corrected chi connectivity index (χ4v) is 3.81. The van der Waals surface area contributed by atoms with Gasteiger partial charge in [0.15, 0.2) is 11.5 Å². The van der Waals surface area contributed by atoms with E-state index < -0.39 is 5.41 Å². The molecule has 1 unspecified atom stereocenters. The second-order valence-corrected chi connectivity index (χ2v) is 12.0. The summed E-state index contributed by atoms with van der Waals surface area (Å²) < 4.78 is 22.4. The molecule has 2 aromatic carbocycles. The van der Waals surface area contributed by atoms with Gasteiger partial charge < -0.3 is 24.3 Å². The number of carbonyl (C=O) groups excluding carboxylic acids is 1. The van der Waals surface area contributed by atoms with Gasteiger partial charge in [0, 0.05) is 17.4 Å². The molecule has 0 saturated carbocycles.